The van der Waals surface area contributed by atoms with E-state index < -0.39 is 65.2 Å². The van der Waals surface area contributed by atoms with Gasteiger partial charge in [-0.1, -0.05) is 19.1 Å². The summed E-state index contributed by atoms with van der Waals surface area (Å²) in [6.07, 6.45) is -2.96. The molecule has 0 bridgehead atoms. The number of aliphatic hydroxyl groups is 2. The first-order valence-corrected chi connectivity index (χ1v) is 13.7. The number of aliphatic hydroxyl groups excluding tert-OH is 1. The van der Waals surface area contributed by atoms with E-state index in [9.17, 15) is 34.8 Å². The highest BCUT2D eigenvalue weighted by molar-refractivity contribution is 6.30. The van der Waals surface area contributed by atoms with Crippen LogP contribution in [0, 0.1) is 0 Å². The van der Waals surface area contributed by atoms with Crippen molar-refractivity contribution in [1.29, 1.82) is 0 Å². The number of quaternary nitrogens is 1. The maximum Gasteiger partial charge on any atom is 0.316 e. The quantitative estimate of drug-likeness (QED) is 0.277. The summed E-state index contributed by atoms with van der Waals surface area (Å²) in [6, 6.07) is 5.24. The number of fused-ring (bicyclic) bond motifs is 3. The summed E-state index contributed by atoms with van der Waals surface area (Å²) in [6.45, 7) is 3.42. The summed E-state index contributed by atoms with van der Waals surface area (Å²) in [5.74, 6) is -4.40. The van der Waals surface area contributed by atoms with E-state index in [1.165, 1.54) is 31.4 Å². The van der Waals surface area contributed by atoms with Crippen molar-refractivity contribution in [1.82, 2.24) is 0 Å². The van der Waals surface area contributed by atoms with Crippen LogP contribution in [0.25, 0.3) is 0 Å². The van der Waals surface area contributed by atoms with Crippen molar-refractivity contribution in [3.8, 4) is 11.5 Å². The van der Waals surface area contributed by atoms with E-state index in [-0.39, 0.29) is 52.3 Å². The number of phenolic OH excluding ortho intramolecular Hbond substituents is 2. The number of aromatic hydroxyl groups is 2. The molecule has 41 heavy (non-hydrogen) atoms. The molecule has 5 rings (SSSR count). The number of hydrogen-bond acceptors (Lipinski definition) is 10. The molecule has 11 heteroatoms. The number of hydrogen-bond donors (Lipinski definition) is 5. The number of ether oxygens (including phenoxy) is 3. The SMILES string of the molecule is CC[C@@]1(O)C[C@H](O[C@@H]2C[C@@H]([NH+](C)C)[C@H](O)[C@H](C)O2)c2c(cc3c(c2O)C(=O)c2c(O)cccc2C3=O)[C@H]1C(=O)OC. The number of carbonyl (C=O) groups excluding carboxylic acids is 3. The molecule has 220 valence electrons. The van der Waals surface area contributed by atoms with Crippen molar-refractivity contribution in [3.05, 3.63) is 57.6 Å². The molecule has 3 aliphatic rings. The molecular formula is C30H36NO10+. The zero-order valence-corrected chi connectivity index (χ0v) is 23.6. The third-order valence-electron chi connectivity index (χ3n) is 8.88. The topological polar surface area (TPSA) is 164 Å². The number of phenols is 2. The smallest absolute Gasteiger partial charge is 0.316 e. The summed E-state index contributed by atoms with van der Waals surface area (Å²) < 4.78 is 17.4. The molecule has 1 heterocycles. The first kappa shape index (κ1) is 29.2. The van der Waals surface area contributed by atoms with Crippen LogP contribution in [0.3, 0.4) is 0 Å². The second-order valence-electron chi connectivity index (χ2n) is 11.4. The fraction of sp³-hybridized carbons (Fsp3) is 0.500. The Kier molecular flexibility index (Phi) is 7.46. The van der Waals surface area contributed by atoms with Gasteiger partial charge < -0.3 is 39.5 Å². The minimum Gasteiger partial charge on any atom is -0.507 e. The monoisotopic (exact) mass is 570 g/mol. The maximum atomic E-state index is 13.6. The van der Waals surface area contributed by atoms with Crippen LogP contribution in [0.2, 0.25) is 0 Å². The zero-order valence-electron chi connectivity index (χ0n) is 23.6. The standard InChI is InChI=1S/C30H35NO10/c1-6-30(38)12-19(41-20-11-17(31(3)4)25(33)13(2)40-20)22-15(24(30)29(37)39-5)10-16-23(28(22)36)27(35)21-14(26(16)34)8-7-9-18(21)32/h7-10,13,17,19-20,24-25,32-33,36,38H,6,11-12H2,1-5H3/p+1/t13-,17+,19-,20+,24-,25+,30+/m0/s1. The van der Waals surface area contributed by atoms with Gasteiger partial charge in [-0.05, 0) is 31.0 Å². The van der Waals surface area contributed by atoms with Crippen LogP contribution in [-0.4, -0.2) is 89.3 Å². The highest BCUT2D eigenvalue weighted by Gasteiger charge is 2.53. The molecule has 2 aromatic carbocycles. The highest BCUT2D eigenvalue weighted by Crippen LogP contribution is 2.53. The number of likely N-dealkylation sites (N-methyl/N-ethyl adjacent to an activating group) is 1. The van der Waals surface area contributed by atoms with Crippen molar-refractivity contribution >= 4 is 17.5 Å². The molecule has 0 unspecified atom stereocenters. The number of nitrogens with one attached hydrogen (secondary N) is 1. The lowest BCUT2D eigenvalue weighted by Crippen LogP contribution is -3.12. The van der Waals surface area contributed by atoms with Crippen molar-refractivity contribution < 1.29 is 53.9 Å². The largest absolute Gasteiger partial charge is 0.507 e. The molecule has 1 aliphatic heterocycles. The lowest BCUT2D eigenvalue weighted by Gasteiger charge is -2.45. The number of carbonyl (C=O) groups is 3. The number of methoxy groups -OCH3 is 1. The molecule has 7 atom stereocenters. The van der Waals surface area contributed by atoms with Crippen LogP contribution in [0.4, 0.5) is 0 Å². The van der Waals surface area contributed by atoms with Gasteiger partial charge in [0.15, 0.2) is 12.1 Å². The van der Waals surface area contributed by atoms with Gasteiger partial charge in [0.1, 0.15) is 29.6 Å². The summed E-state index contributed by atoms with van der Waals surface area (Å²) in [4.78, 5) is 41.3. The Hall–Kier alpha value is -3.35. The molecule has 0 aromatic heterocycles. The average Bonchev–Trinajstić information content (AvgIpc) is 2.92. The van der Waals surface area contributed by atoms with Gasteiger partial charge in [-0.25, -0.2) is 0 Å². The average molecular weight is 571 g/mol. The fourth-order valence-corrected chi connectivity index (χ4v) is 6.59. The van der Waals surface area contributed by atoms with Gasteiger partial charge in [-0.3, -0.25) is 14.4 Å². The molecule has 0 saturated carbocycles. The molecule has 0 amide bonds. The number of rotatable bonds is 5. The Labute approximate surface area is 237 Å². The third-order valence-corrected chi connectivity index (χ3v) is 8.88. The Morgan fingerprint density at radius 1 is 1.15 bits per heavy atom. The summed E-state index contributed by atoms with van der Waals surface area (Å²) in [5.41, 5.74) is -2.24. The van der Waals surface area contributed by atoms with Gasteiger partial charge in [0, 0.05) is 23.1 Å². The number of ketones is 2. The molecule has 0 spiro atoms. The molecule has 1 fully saturated rings. The Bertz CT molecular complexity index is 1420. The number of benzene rings is 2. The Balaban J connectivity index is 1.69. The van der Waals surface area contributed by atoms with Gasteiger partial charge in [0.25, 0.3) is 0 Å². The first-order chi connectivity index (χ1) is 19.3. The predicted octanol–water partition coefficient (Wildman–Crippen LogP) is 0.741. The van der Waals surface area contributed by atoms with Crippen LogP contribution < -0.4 is 4.90 Å². The Morgan fingerprint density at radius 3 is 2.49 bits per heavy atom. The molecule has 1 saturated heterocycles. The third kappa shape index (κ3) is 4.52. The molecule has 0 radical (unpaired) electrons. The van der Waals surface area contributed by atoms with Crippen molar-refractivity contribution in [2.24, 2.45) is 0 Å². The van der Waals surface area contributed by atoms with Gasteiger partial charge in [0.2, 0.25) is 5.78 Å². The second kappa shape index (κ2) is 10.5. The summed E-state index contributed by atoms with van der Waals surface area (Å²) in [5, 5.41) is 44.5. The minimum absolute atomic E-state index is 0.0359. The van der Waals surface area contributed by atoms with Gasteiger partial charge in [0.05, 0.1) is 56.6 Å². The molecular weight excluding hydrogens is 534 g/mol. The normalized spacial score (nSPS) is 30.9. The fourth-order valence-electron chi connectivity index (χ4n) is 6.59. The van der Waals surface area contributed by atoms with Gasteiger partial charge >= 0.3 is 5.97 Å². The van der Waals surface area contributed by atoms with E-state index in [0.29, 0.717) is 6.42 Å². The zero-order chi connectivity index (χ0) is 30.0. The minimum atomic E-state index is -1.69. The summed E-state index contributed by atoms with van der Waals surface area (Å²) in [7, 11) is 4.99. The summed E-state index contributed by atoms with van der Waals surface area (Å²) >= 11 is 0. The molecule has 11 nitrogen and oxygen atoms in total. The van der Waals surface area contributed by atoms with Gasteiger partial charge in [-0.2, -0.15) is 0 Å². The van der Waals surface area contributed by atoms with Crippen molar-refractivity contribution in [2.75, 3.05) is 21.2 Å². The maximum absolute atomic E-state index is 13.6. The van der Waals surface area contributed by atoms with E-state index in [1.807, 2.05) is 14.1 Å². The first-order valence-electron chi connectivity index (χ1n) is 13.7. The second-order valence-corrected chi connectivity index (χ2v) is 11.4. The van der Waals surface area contributed by atoms with E-state index >= 15 is 0 Å². The van der Waals surface area contributed by atoms with Gasteiger partial charge in [-0.15, -0.1) is 0 Å². The van der Waals surface area contributed by atoms with Crippen LogP contribution in [-0.2, 0) is 19.0 Å². The van der Waals surface area contributed by atoms with E-state index in [0.717, 1.165) is 4.90 Å². The Morgan fingerprint density at radius 2 is 1.85 bits per heavy atom. The highest BCUT2D eigenvalue weighted by atomic mass is 16.7. The van der Waals surface area contributed by atoms with Crippen LogP contribution >= 0.6 is 0 Å². The lowest BCUT2D eigenvalue weighted by molar-refractivity contribution is -0.893. The van der Waals surface area contributed by atoms with E-state index in [1.54, 1.807) is 13.8 Å². The molecule has 2 aromatic rings. The van der Waals surface area contributed by atoms with Crippen molar-refractivity contribution in [3.63, 3.8) is 0 Å². The van der Waals surface area contributed by atoms with E-state index in [4.69, 9.17) is 14.2 Å². The number of esters is 1. The molecule has 5 N–H and O–H groups in total. The van der Waals surface area contributed by atoms with Crippen molar-refractivity contribution in [2.45, 2.75) is 75.3 Å². The molecule has 2 aliphatic carbocycles. The predicted molar refractivity (Wildman–Crippen MR) is 143 cm³/mol. The van der Waals surface area contributed by atoms with Crippen LogP contribution in [0.15, 0.2) is 24.3 Å². The lowest BCUT2D eigenvalue weighted by atomic mass is 9.67. The van der Waals surface area contributed by atoms with Crippen LogP contribution in [0.5, 0.6) is 11.5 Å². The van der Waals surface area contributed by atoms with Crippen LogP contribution in [0.1, 0.15) is 88.1 Å². The van der Waals surface area contributed by atoms with E-state index in [2.05, 4.69) is 0 Å².